The Labute approximate surface area is 90.5 Å². The van der Waals surface area contributed by atoms with Crippen molar-refractivity contribution in [3.8, 4) is 5.75 Å². The van der Waals surface area contributed by atoms with Gasteiger partial charge in [-0.2, -0.15) is 5.10 Å². The van der Waals surface area contributed by atoms with Gasteiger partial charge in [0.25, 0.3) is 0 Å². The Morgan fingerprint density at radius 2 is 2.00 bits per heavy atom. The highest BCUT2D eigenvalue weighted by molar-refractivity contribution is 6.89. The van der Waals surface area contributed by atoms with Crippen LogP contribution < -0.4 is 10.1 Å². The van der Waals surface area contributed by atoms with E-state index in [2.05, 4.69) is 35.9 Å². The smallest absolute Gasteiger partial charge is 0.119 e. The summed E-state index contributed by atoms with van der Waals surface area (Å²) < 4.78 is 5.23. The summed E-state index contributed by atoms with van der Waals surface area (Å²) in [4.78, 5) is 0. The van der Waals surface area contributed by atoms with Crippen molar-refractivity contribution < 1.29 is 4.74 Å². The fourth-order valence-electron chi connectivity index (χ4n) is 1.69. The quantitative estimate of drug-likeness (QED) is 0.787. The molecule has 0 amide bonds. The summed E-state index contributed by atoms with van der Waals surface area (Å²) >= 11 is 0. The Kier molecular flexibility index (Phi) is 2.30. The molecule has 3 nitrogen and oxygen atoms in total. The van der Waals surface area contributed by atoms with Crippen LogP contribution in [-0.4, -0.2) is 25.4 Å². The van der Waals surface area contributed by atoms with Gasteiger partial charge in [0.2, 0.25) is 0 Å². The molecule has 15 heavy (non-hydrogen) atoms. The molecule has 2 aromatic rings. The van der Waals surface area contributed by atoms with Crippen LogP contribution in [0.2, 0.25) is 19.6 Å². The molecule has 0 bridgehead atoms. The van der Waals surface area contributed by atoms with E-state index in [9.17, 15) is 0 Å². The van der Waals surface area contributed by atoms with Gasteiger partial charge in [-0.15, -0.1) is 0 Å². The van der Waals surface area contributed by atoms with Gasteiger partial charge in [-0.05, 0) is 18.2 Å². The number of aromatic nitrogens is 2. The van der Waals surface area contributed by atoms with Crippen LogP contribution in [0.3, 0.4) is 0 Å². The van der Waals surface area contributed by atoms with Crippen LogP contribution in [0, 0.1) is 0 Å². The average molecular weight is 220 g/mol. The Hall–Kier alpha value is -1.29. The van der Waals surface area contributed by atoms with E-state index < -0.39 is 8.07 Å². The normalized spacial score (nSPS) is 12.0. The van der Waals surface area contributed by atoms with E-state index >= 15 is 0 Å². The molecular weight excluding hydrogens is 204 g/mol. The Balaban J connectivity index is 2.67. The molecule has 1 heterocycles. The number of ether oxygens (including phenoxy) is 1. The zero-order chi connectivity index (χ0) is 11.1. The van der Waals surface area contributed by atoms with E-state index in [0.29, 0.717) is 0 Å². The zero-order valence-corrected chi connectivity index (χ0v) is 10.6. The lowest BCUT2D eigenvalue weighted by Gasteiger charge is -2.13. The molecule has 0 radical (unpaired) electrons. The number of rotatable bonds is 2. The van der Waals surface area contributed by atoms with Crippen molar-refractivity contribution in [1.82, 2.24) is 10.2 Å². The van der Waals surface area contributed by atoms with Gasteiger partial charge in [-0.25, -0.2) is 0 Å². The maximum Gasteiger partial charge on any atom is 0.119 e. The van der Waals surface area contributed by atoms with Crippen molar-refractivity contribution >= 4 is 24.3 Å². The Bertz CT molecular complexity index is 485. The van der Waals surface area contributed by atoms with Gasteiger partial charge in [0.15, 0.2) is 0 Å². The minimum absolute atomic E-state index is 0.892. The first-order valence-electron chi connectivity index (χ1n) is 5.05. The van der Waals surface area contributed by atoms with E-state index in [-0.39, 0.29) is 0 Å². The molecule has 0 aliphatic carbocycles. The molecule has 0 fully saturated rings. The maximum absolute atomic E-state index is 5.23. The van der Waals surface area contributed by atoms with Crippen LogP contribution in [0.25, 0.3) is 10.9 Å². The zero-order valence-electron chi connectivity index (χ0n) is 9.59. The molecular formula is C11H16N2OSi. The van der Waals surface area contributed by atoms with Gasteiger partial charge in [-0.1, -0.05) is 19.6 Å². The lowest BCUT2D eigenvalue weighted by molar-refractivity contribution is 0.415. The van der Waals surface area contributed by atoms with Crippen molar-refractivity contribution in [2.75, 3.05) is 7.11 Å². The molecule has 80 valence electrons. The van der Waals surface area contributed by atoms with Crippen LogP contribution in [-0.2, 0) is 0 Å². The first-order valence-corrected chi connectivity index (χ1v) is 8.55. The monoisotopic (exact) mass is 220 g/mol. The second-order valence-corrected chi connectivity index (χ2v) is 9.73. The van der Waals surface area contributed by atoms with Gasteiger partial charge >= 0.3 is 0 Å². The molecule has 2 rings (SSSR count). The van der Waals surface area contributed by atoms with Crippen molar-refractivity contribution in [3.05, 3.63) is 18.2 Å². The second-order valence-electron chi connectivity index (χ2n) is 4.73. The molecule has 0 aliphatic rings. The van der Waals surface area contributed by atoms with E-state index in [1.165, 1.54) is 10.7 Å². The number of benzene rings is 1. The number of nitrogens with zero attached hydrogens (tertiary/aromatic N) is 1. The van der Waals surface area contributed by atoms with Gasteiger partial charge in [0.1, 0.15) is 13.8 Å². The predicted molar refractivity (Wildman–Crippen MR) is 65.6 cm³/mol. The molecule has 1 N–H and O–H groups in total. The van der Waals surface area contributed by atoms with Gasteiger partial charge in [-0.3, -0.25) is 5.10 Å². The standard InChI is InChI=1S/C11H16N2OSi/c1-14-8-5-6-10-9(7-8)11(13-12-10)15(2,3)4/h5-7H,1-4H3,(H,12,13). The highest BCUT2D eigenvalue weighted by atomic mass is 28.3. The van der Waals surface area contributed by atoms with Crippen LogP contribution in [0.15, 0.2) is 18.2 Å². The Morgan fingerprint density at radius 1 is 1.27 bits per heavy atom. The van der Waals surface area contributed by atoms with Gasteiger partial charge in [0.05, 0.1) is 12.6 Å². The SMILES string of the molecule is COc1ccc2n[nH]c([Si](C)(C)C)c2c1. The van der Waals surface area contributed by atoms with Gasteiger partial charge < -0.3 is 4.74 Å². The molecule has 0 atom stereocenters. The lowest BCUT2D eigenvalue weighted by Crippen LogP contribution is -2.39. The van der Waals surface area contributed by atoms with Crippen molar-refractivity contribution in [2.45, 2.75) is 19.6 Å². The molecule has 1 aromatic carbocycles. The lowest BCUT2D eigenvalue weighted by atomic mass is 10.2. The fraction of sp³-hybridized carbons (Fsp3) is 0.364. The Morgan fingerprint density at radius 3 is 2.60 bits per heavy atom. The first kappa shape index (κ1) is 10.2. The van der Waals surface area contributed by atoms with E-state index in [0.717, 1.165) is 11.3 Å². The van der Waals surface area contributed by atoms with Crippen LogP contribution in [0.5, 0.6) is 5.75 Å². The topological polar surface area (TPSA) is 37.9 Å². The summed E-state index contributed by atoms with van der Waals surface area (Å²) in [5, 5.41) is 9.97. The summed E-state index contributed by atoms with van der Waals surface area (Å²) in [6, 6.07) is 6.00. The second kappa shape index (κ2) is 3.38. The number of hydrogen-bond donors (Lipinski definition) is 1. The summed E-state index contributed by atoms with van der Waals surface area (Å²) in [7, 11) is 0.335. The van der Waals surface area contributed by atoms with E-state index in [1.54, 1.807) is 7.11 Å². The first-order chi connectivity index (χ1) is 7.02. The highest BCUT2D eigenvalue weighted by Crippen LogP contribution is 2.19. The predicted octanol–water partition coefficient (Wildman–Crippen LogP) is 2.12. The molecule has 0 aliphatic heterocycles. The molecule has 0 spiro atoms. The molecule has 0 saturated heterocycles. The molecule has 0 saturated carbocycles. The molecule has 0 unspecified atom stereocenters. The average Bonchev–Trinajstić information content (AvgIpc) is 2.59. The van der Waals surface area contributed by atoms with Gasteiger partial charge in [0, 0.05) is 10.7 Å². The molecule has 4 heteroatoms. The third-order valence-electron chi connectivity index (χ3n) is 2.51. The number of nitrogens with one attached hydrogen (secondary N) is 1. The van der Waals surface area contributed by atoms with Crippen molar-refractivity contribution in [3.63, 3.8) is 0 Å². The van der Waals surface area contributed by atoms with Crippen molar-refractivity contribution in [2.24, 2.45) is 0 Å². The van der Waals surface area contributed by atoms with E-state index in [4.69, 9.17) is 4.74 Å². The maximum atomic E-state index is 5.23. The van der Waals surface area contributed by atoms with E-state index in [1.807, 2.05) is 12.1 Å². The number of methoxy groups -OCH3 is 1. The van der Waals surface area contributed by atoms with Crippen LogP contribution in [0.1, 0.15) is 0 Å². The minimum Gasteiger partial charge on any atom is -0.497 e. The number of hydrogen-bond acceptors (Lipinski definition) is 2. The van der Waals surface area contributed by atoms with Crippen LogP contribution in [0.4, 0.5) is 0 Å². The number of H-pyrrole nitrogens is 1. The largest absolute Gasteiger partial charge is 0.497 e. The third-order valence-corrected chi connectivity index (χ3v) is 4.39. The summed E-state index contributed by atoms with van der Waals surface area (Å²) in [5.41, 5.74) is 1.02. The van der Waals surface area contributed by atoms with Crippen molar-refractivity contribution in [1.29, 1.82) is 0 Å². The third kappa shape index (κ3) is 1.77. The molecule has 1 aromatic heterocycles. The number of aromatic amines is 1. The highest BCUT2D eigenvalue weighted by Gasteiger charge is 2.21. The summed E-state index contributed by atoms with van der Waals surface area (Å²) in [6.07, 6.45) is 0. The summed E-state index contributed by atoms with van der Waals surface area (Å²) in [6.45, 7) is 6.91. The minimum atomic E-state index is -1.35. The summed E-state index contributed by atoms with van der Waals surface area (Å²) in [5.74, 6) is 0.892. The number of fused-ring (bicyclic) bond motifs is 1. The van der Waals surface area contributed by atoms with Crippen LogP contribution >= 0.6 is 0 Å². The fourth-order valence-corrected chi connectivity index (χ4v) is 3.09.